The molecule has 16 heavy (non-hydrogen) atoms. The van der Waals surface area contributed by atoms with Crippen LogP contribution in [0.3, 0.4) is 0 Å². The molecule has 0 atom stereocenters. The molecule has 1 rings (SSSR count). The second-order valence-corrected chi connectivity index (χ2v) is 4.25. The fourth-order valence-electron chi connectivity index (χ4n) is 1.54. The predicted molar refractivity (Wildman–Crippen MR) is 65.1 cm³/mol. The average molecular weight is 288 g/mol. The van der Waals surface area contributed by atoms with E-state index in [1.54, 1.807) is 13.0 Å². The number of hydrogen-bond acceptors (Lipinski definition) is 4. The molecular formula is C11H14BrNO3. The predicted octanol–water partition coefficient (Wildman–Crippen LogP) is 2.00. The summed E-state index contributed by atoms with van der Waals surface area (Å²) in [5, 5.41) is 9.93. The number of halogens is 1. The summed E-state index contributed by atoms with van der Waals surface area (Å²) in [6.07, 6.45) is 0.208. The van der Waals surface area contributed by atoms with Crippen molar-refractivity contribution in [1.82, 2.24) is 0 Å². The summed E-state index contributed by atoms with van der Waals surface area (Å²) < 4.78 is 5.64. The van der Waals surface area contributed by atoms with E-state index in [4.69, 9.17) is 10.5 Å². The van der Waals surface area contributed by atoms with Crippen LogP contribution in [0.4, 0.5) is 0 Å². The van der Waals surface area contributed by atoms with Crippen molar-refractivity contribution in [2.24, 2.45) is 5.73 Å². The van der Waals surface area contributed by atoms with Gasteiger partial charge in [-0.2, -0.15) is 0 Å². The molecule has 0 bridgehead atoms. The van der Waals surface area contributed by atoms with E-state index in [9.17, 15) is 9.90 Å². The van der Waals surface area contributed by atoms with E-state index in [0.29, 0.717) is 10.0 Å². The highest BCUT2D eigenvalue weighted by Gasteiger charge is 2.19. The van der Waals surface area contributed by atoms with Crippen LogP contribution in [0, 0.1) is 6.92 Å². The molecule has 0 aliphatic heterocycles. The monoisotopic (exact) mass is 287 g/mol. The number of carbonyl (C=O) groups excluding carboxylic acids is 1. The van der Waals surface area contributed by atoms with Gasteiger partial charge in [0.25, 0.3) is 0 Å². The van der Waals surface area contributed by atoms with Gasteiger partial charge in [-0.25, -0.2) is 0 Å². The third-order valence-corrected chi connectivity index (χ3v) is 2.85. The molecule has 0 saturated heterocycles. The van der Waals surface area contributed by atoms with Crippen LogP contribution in [-0.2, 0) is 0 Å². The Morgan fingerprint density at radius 2 is 2.25 bits per heavy atom. The van der Waals surface area contributed by atoms with E-state index >= 15 is 0 Å². The summed E-state index contributed by atoms with van der Waals surface area (Å²) in [7, 11) is 1.44. The second kappa shape index (κ2) is 5.32. The minimum atomic E-state index is -0.177. The summed E-state index contributed by atoms with van der Waals surface area (Å²) in [6.45, 7) is 2.02. The first kappa shape index (κ1) is 13.0. The van der Waals surface area contributed by atoms with Gasteiger partial charge in [0.2, 0.25) is 0 Å². The molecule has 5 heteroatoms. The minimum absolute atomic E-state index is 0.132. The number of hydrogen-bond donors (Lipinski definition) is 2. The third-order valence-electron chi connectivity index (χ3n) is 2.26. The van der Waals surface area contributed by atoms with E-state index in [-0.39, 0.29) is 35.8 Å². The molecule has 0 aliphatic carbocycles. The van der Waals surface area contributed by atoms with Gasteiger partial charge < -0.3 is 15.6 Å². The number of nitrogens with two attached hydrogens (primary N) is 1. The van der Waals surface area contributed by atoms with Crippen LogP contribution in [0.25, 0.3) is 0 Å². The molecule has 3 N–H and O–H groups in total. The number of phenols is 1. The number of Topliss-reactive ketones (excluding diaryl/α,β-unsaturated/α-hetero) is 1. The molecule has 1 aromatic rings. The Labute approximate surface area is 103 Å². The van der Waals surface area contributed by atoms with E-state index in [1.165, 1.54) is 7.11 Å². The minimum Gasteiger partial charge on any atom is -0.504 e. The maximum absolute atomic E-state index is 11.8. The van der Waals surface area contributed by atoms with Crippen molar-refractivity contribution < 1.29 is 14.6 Å². The molecule has 4 nitrogen and oxygen atoms in total. The number of methoxy groups -OCH3 is 1. The lowest BCUT2D eigenvalue weighted by atomic mass is 10.0. The van der Waals surface area contributed by atoms with Crippen LogP contribution >= 0.6 is 15.9 Å². The highest BCUT2D eigenvalue weighted by molar-refractivity contribution is 9.10. The molecule has 88 valence electrons. The van der Waals surface area contributed by atoms with E-state index in [0.717, 1.165) is 0 Å². The van der Waals surface area contributed by atoms with Gasteiger partial charge in [-0.1, -0.05) is 0 Å². The molecule has 0 radical (unpaired) electrons. The summed E-state index contributed by atoms with van der Waals surface area (Å²) in [5.74, 6) is -0.0397. The third kappa shape index (κ3) is 2.36. The molecular weight excluding hydrogens is 274 g/mol. The summed E-state index contributed by atoms with van der Waals surface area (Å²) >= 11 is 3.26. The van der Waals surface area contributed by atoms with Crippen molar-refractivity contribution in [3.63, 3.8) is 0 Å². The van der Waals surface area contributed by atoms with Crippen LogP contribution in [0.5, 0.6) is 11.5 Å². The van der Waals surface area contributed by atoms with Crippen molar-refractivity contribution in [3.05, 3.63) is 21.7 Å². The molecule has 0 aliphatic rings. The van der Waals surface area contributed by atoms with Crippen LogP contribution < -0.4 is 10.5 Å². The maximum Gasteiger partial charge on any atom is 0.175 e. The average Bonchev–Trinajstić information content (AvgIpc) is 2.17. The second-order valence-electron chi connectivity index (χ2n) is 3.39. The number of phenolic OH excluding ortho intramolecular Hbond substituents is 1. The van der Waals surface area contributed by atoms with Gasteiger partial charge in [-0.3, -0.25) is 4.79 Å². The zero-order valence-electron chi connectivity index (χ0n) is 9.21. The highest BCUT2D eigenvalue weighted by atomic mass is 79.9. The molecule has 0 saturated carbocycles. The number of ether oxygens (including phenoxy) is 1. The van der Waals surface area contributed by atoms with Gasteiger partial charge in [0.1, 0.15) is 0 Å². The molecule has 0 aromatic heterocycles. The quantitative estimate of drug-likeness (QED) is 0.831. The van der Waals surface area contributed by atoms with Crippen molar-refractivity contribution in [3.8, 4) is 11.5 Å². The van der Waals surface area contributed by atoms with Gasteiger partial charge in [0, 0.05) is 6.42 Å². The smallest absolute Gasteiger partial charge is 0.175 e. The van der Waals surface area contributed by atoms with Gasteiger partial charge in [-0.15, -0.1) is 0 Å². The Morgan fingerprint density at radius 1 is 1.62 bits per heavy atom. The van der Waals surface area contributed by atoms with Crippen molar-refractivity contribution in [1.29, 1.82) is 0 Å². The van der Waals surface area contributed by atoms with E-state index in [1.807, 2.05) is 0 Å². The Hall–Kier alpha value is -1.07. The Balaban J connectivity index is 3.33. The fraction of sp³-hybridized carbons (Fsp3) is 0.364. The number of rotatable bonds is 4. The molecule has 0 unspecified atom stereocenters. The maximum atomic E-state index is 11.8. The first-order valence-electron chi connectivity index (χ1n) is 4.82. The number of carbonyl (C=O) groups is 1. The first-order valence-corrected chi connectivity index (χ1v) is 5.61. The SMILES string of the molecule is COc1c(Br)cc(C)c(C(=O)CCN)c1O. The van der Waals surface area contributed by atoms with Gasteiger partial charge in [0.05, 0.1) is 17.1 Å². The van der Waals surface area contributed by atoms with Gasteiger partial charge in [-0.05, 0) is 41.0 Å². The molecule has 0 fully saturated rings. The molecule has 0 spiro atoms. The van der Waals surface area contributed by atoms with Crippen molar-refractivity contribution >= 4 is 21.7 Å². The zero-order valence-corrected chi connectivity index (χ0v) is 10.8. The first-order chi connectivity index (χ1) is 7.52. The van der Waals surface area contributed by atoms with E-state index in [2.05, 4.69) is 15.9 Å². The highest BCUT2D eigenvalue weighted by Crippen LogP contribution is 2.39. The zero-order chi connectivity index (χ0) is 12.3. The number of aromatic hydroxyl groups is 1. The number of benzene rings is 1. The van der Waals surface area contributed by atoms with Crippen LogP contribution in [-0.4, -0.2) is 24.5 Å². The van der Waals surface area contributed by atoms with Gasteiger partial charge in [0.15, 0.2) is 17.3 Å². The standard InChI is InChI=1S/C11H14BrNO3/c1-6-5-7(12)11(16-2)10(15)9(6)8(14)3-4-13/h5,15H,3-4,13H2,1-2H3. The van der Waals surface area contributed by atoms with Crippen molar-refractivity contribution in [2.75, 3.05) is 13.7 Å². The lowest BCUT2D eigenvalue weighted by Gasteiger charge is -2.12. The van der Waals surface area contributed by atoms with Crippen LogP contribution in [0.2, 0.25) is 0 Å². The van der Waals surface area contributed by atoms with Crippen molar-refractivity contribution in [2.45, 2.75) is 13.3 Å². The van der Waals surface area contributed by atoms with Crippen LogP contribution in [0.15, 0.2) is 10.5 Å². The topological polar surface area (TPSA) is 72.5 Å². The number of aryl methyl sites for hydroxylation is 1. The fourth-order valence-corrected chi connectivity index (χ4v) is 2.24. The Morgan fingerprint density at radius 3 is 2.75 bits per heavy atom. The largest absolute Gasteiger partial charge is 0.504 e. The lowest BCUT2D eigenvalue weighted by molar-refractivity contribution is 0.0981. The van der Waals surface area contributed by atoms with Crippen LogP contribution in [0.1, 0.15) is 22.3 Å². The normalized spacial score (nSPS) is 10.2. The summed E-state index contributed by atoms with van der Waals surface area (Å²) in [6, 6.07) is 1.74. The lowest BCUT2D eigenvalue weighted by Crippen LogP contribution is -2.10. The van der Waals surface area contributed by atoms with Gasteiger partial charge >= 0.3 is 0 Å². The Bertz CT molecular complexity index is 418. The summed E-state index contributed by atoms with van der Waals surface area (Å²) in [5.41, 5.74) is 6.31. The summed E-state index contributed by atoms with van der Waals surface area (Å²) in [4.78, 5) is 11.8. The molecule has 0 heterocycles. The molecule has 0 amide bonds. The Kier molecular flexibility index (Phi) is 4.32. The number of ketones is 1. The molecule has 1 aromatic carbocycles. The van der Waals surface area contributed by atoms with E-state index < -0.39 is 0 Å².